The van der Waals surface area contributed by atoms with Gasteiger partial charge < -0.3 is 9.64 Å². The van der Waals surface area contributed by atoms with Gasteiger partial charge >= 0.3 is 0 Å². The lowest BCUT2D eigenvalue weighted by Gasteiger charge is -2.34. The number of carbonyl (C=O) groups excluding carboxylic acids is 1. The Kier molecular flexibility index (Phi) is 3.79. The fourth-order valence-electron chi connectivity index (χ4n) is 3.76. The lowest BCUT2D eigenvalue weighted by molar-refractivity contribution is 0.0636. The summed E-state index contributed by atoms with van der Waals surface area (Å²) in [5, 5.41) is 0. The molecular formula is C20H22N2O2S. The number of piperazine rings is 1. The second-order valence-electron chi connectivity index (χ2n) is 7.29. The van der Waals surface area contributed by atoms with E-state index >= 15 is 0 Å². The first-order valence-electron chi connectivity index (χ1n) is 9.14. The molecule has 1 aliphatic carbocycles. The monoisotopic (exact) mass is 354 g/mol. The molecule has 1 saturated heterocycles. The highest BCUT2D eigenvalue weighted by Crippen LogP contribution is 2.42. The van der Waals surface area contributed by atoms with Crippen molar-refractivity contribution in [1.82, 2.24) is 9.80 Å². The molecule has 5 heteroatoms. The Morgan fingerprint density at radius 2 is 1.96 bits per heavy atom. The minimum Gasteiger partial charge on any atom is -0.488 e. The molecule has 0 unspecified atom stereocenters. The van der Waals surface area contributed by atoms with Crippen molar-refractivity contribution in [2.75, 3.05) is 32.7 Å². The molecule has 2 fully saturated rings. The van der Waals surface area contributed by atoms with Gasteiger partial charge in [-0.25, -0.2) is 0 Å². The quantitative estimate of drug-likeness (QED) is 0.846. The molecule has 0 radical (unpaired) electrons. The van der Waals surface area contributed by atoms with Crippen molar-refractivity contribution in [3.8, 4) is 16.2 Å². The molecular weight excluding hydrogens is 332 g/mol. The van der Waals surface area contributed by atoms with Gasteiger partial charge in [-0.05, 0) is 37.0 Å². The molecule has 0 atom stereocenters. The minimum absolute atomic E-state index is 0.183. The molecule has 1 saturated carbocycles. The van der Waals surface area contributed by atoms with E-state index in [0.29, 0.717) is 6.61 Å². The molecule has 1 aromatic heterocycles. The Labute approximate surface area is 152 Å². The average Bonchev–Trinajstić information content (AvgIpc) is 3.35. The van der Waals surface area contributed by atoms with E-state index in [2.05, 4.69) is 11.0 Å². The molecule has 0 spiro atoms. The van der Waals surface area contributed by atoms with Crippen molar-refractivity contribution < 1.29 is 9.53 Å². The second kappa shape index (κ2) is 6.15. The molecule has 3 aliphatic rings. The van der Waals surface area contributed by atoms with Crippen molar-refractivity contribution >= 4 is 17.2 Å². The Hall–Kier alpha value is -1.85. The summed E-state index contributed by atoms with van der Waals surface area (Å²) < 4.78 is 5.82. The molecule has 1 aromatic carbocycles. The maximum absolute atomic E-state index is 12.9. The van der Waals surface area contributed by atoms with Crippen LogP contribution in [0.2, 0.25) is 0 Å². The molecule has 4 nitrogen and oxygen atoms in total. The molecule has 2 aliphatic heterocycles. The van der Waals surface area contributed by atoms with E-state index in [1.807, 2.05) is 29.2 Å². The lowest BCUT2D eigenvalue weighted by atomic mass is 10.1. The number of para-hydroxylation sites is 1. The fraction of sp³-hybridized carbons (Fsp3) is 0.450. The molecule has 0 bridgehead atoms. The molecule has 25 heavy (non-hydrogen) atoms. The molecule has 3 heterocycles. The third kappa shape index (κ3) is 2.96. The summed E-state index contributed by atoms with van der Waals surface area (Å²) in [6.45, 7) is 5.51. The lowest BCUT2D eigenvalue weighted by Crippen LogP contribution is -2.49. The summed E-state index contributed by atoms with van der Waals surface area (Å²) >= 11 is 1.62. The number of carbonyl (C=O) groups is 1. The average molecular weight is 354 g/mol. The summed E-state index contributed by atoms with van der Waals surface area (Å²) in [7, 11) is 0. The van der Waals surface area contributed by atoms with Crippen molar-refractivity contribution in [3.63, 3.8) is 0 Å². The van der Waals surface area contributed by atoms with E-state index in [-0.39, 0.29) is 5.91 Å². The second-order valence-corrected chi connectivity index (χ2v) is 8.34. The number of fused-ring (bicyclic) bond motifs is 3. The van der Waals surface area contributed by atoms with Gasteiger partial charge in [0, 0.05) is 48.7 Å². The first-order valence-corrected chi connectivity index (χ1v) is 9.96. The van der Waals surface area contributed by atoms with Gasteiger partial charge in [0.2, 0.25) is 0 Å². The number of nitrogens with zero attached hydrogens (tertiary/aromatic N) is 2. The Morgan fingerprint density at radius 1 is 1.16 bits per heavy atom. The van der Waals surface area contributed by atoms with E-state index in [0.717, 1.165) is 53.9 Å². The molecule has 5 rings (SSSR count). The highest BCUT2D eigenvalue weighted by molar-refractivity contribution is 7.17. The number of hydrogen-bond donors (Lipinski definition) is 0. The van der Waals surface area contributed by atoms with Crippen LogP contribution in [0, 0.1) is 5.92 Å². The fourth-order valence-corrected chi connectivity index (χ4v) is 4.92. The van der Waals surface area contributed by atoms with Crippen molar-refractivity contribution in [1.29, 1.82) is 0 Å². The normalized spacial score (nSPS) is 19.9. The highest BCUT2D eigenvalue weighted by atomic mass is 32.1. The van der Waals surface area contributed by atoms with Crippen LogP contribution in [0.1, 0.15) is 28.1 Å². The predicted molar refractivity (Wildman–Crippen MR) is 99.2 cm³/mol. The highest BCUT2D eigenvalue weighted by Gasteiger charge is 2.29. The largest absolute Gasteiger partial charge is 0.488 e. The minimum atomic E-state index is 0.183. The third-order valence-corrected chi connectivity index (χ3v) is 6.61. The number of thiophene rings is 1. The topological polar surface area (TPSA) is 32.8 Å². The zero-order valence-electron chi connectivity index (χ0n) is 14.2. The standard InChI is InChI=1S/C20H22N2O2S/c23-20(22-9-7-21(8-10-22)12-14-5-6-14)18-11-15-13-24-17-4-2-1-3-16(17)19(15)25-18/h1-4,11,14H,5-10,12-13H2. The van der Waals surface area contributed by atoms with Gasteiger partial charge in [-0.15, -0.1) is 11.3 Å². The smallest absolute Gasteiger partial charge is 0.264 e. The van der Waals surface area contributed by atoms with Gasteiger partial charge in [0.15, 0.2) is 0 Å². The number of amides is 1. The van der Waals surface area contributed by atoms with Crippen LogP contribution in [0.3, 0.4) is 0 Å². The van der Waals surface area contributed by atoms with Gasteiger partial charge in [0.25, 0.3) is 5.91 Å². The maximum Gasteiger partial charge on any atom is 0.264 e. The van der Waals surface area contributed by atoms with E-state index in [1.165, 1.54) is 24.3 Å². The summed E-state index contributed by atoms with van der Waals surface area (Å²) in [5.74, 6) is 2.03. The van der Waals surface area contributed by atoms with Gasteiger partial charge in [-0.3, -0.25) is 9.69 Å². The van der Waals surface area contributed by atoms with Gasteiger partial charge in [0.1, 0.15) is 12.4 Å². The number of rotatable bonds is 3. The molecule has 0 N–H and O–H groups in total. The van der Waals surface area contributed by atoms with E-state index < -0.39 is 0 Å². The van der Waals surface area contributed by atoms with Crippen LogP contribution in [-0.2, 0) is 6.61 Å². The summed E-state index contributed by atoms with van der Waals surface area (Å²) in [5.41, 5.74) is 2.25. The van der Waals surface area contributed by atoms with Crippen LogP contribution >= 0.6 is 11.3 Å². The first kappa shape index (κ1) is 15.4. The van der Waals surface area contributed by atoms with E-state index in [9.17, 15) is 4.79 Å². The molecule has 2 aromatic rings. The van der Waals surface area contributed by atoms with Crippen molar-refractivity contribution in [3.05, 3.63) is 40.8 Å². The van der Waals surface area contributed by atoms with Crippen LogP contribution in [0.4, 0.5) is 0 Å². The van der Waals surface area contributed by atoms with E-state index in [4.69, 9.17) is 4.74 Å². The Bertz CT molecular complexity index is 804. The number of benzene rings is 1. The third-order valence-electron chi connectivity index (χ3n) is 5.41. The number of hydrogen-bond acceptors (Lipinski definition) is 4. The van der Waals surface area contributed by atoms with Crippen LogP contribution in [-0.4, -0.2) is 48.4 Å². The van der Waals surface area contributed by atoms with Crippen LogP contribution < -0.4 is 4.74 Å². The van der Waals surface area contributed by atoms with Crippen LogP contribution in [0.15, 0.2) is 30.3 Å². The zero-order valence-corrected chi connectivity index (χ0v) is 15.1. The molecule has 130 valence electrons. The van der Waals surface area contributed by atoms with Gasteiger partial charge in [0.05, 0.1) is 4.88 Å². The van der Waals surface area contributed by atoms with Crippen LogP contribution in [0.5, 0.6) is 5.75 Å². The predicted octanol–water partition coefficient (Wildman–Crippen LogP) is 3.48. The summed E-state index contributed by atoms with van der Waals surface area (Å²) in [4.78, 5) is 19.5. The van der Waals surface area contributed by atoms with Crippen LogP contribution in [0.25, 0.3) is 10.4 Å². The summed E-state index contributed by atoms with van der Waals surface area (Å²) in [6, 6.07) is 10.1. The van der Waals surface area contributed by atoms with E-state index in [1.54, 1.807) is 11.3 Å². The van der Waals surface area contributed by atoms with Crippen molar-refractivity contribution in [2.24, 2.45) is 5.92 Å². The zero-order chi connectivity index (χ0) is 16.8. The SMILES string of the molecule is O=C(c1cc2c(s1)-c1ccccc1OC2)N1CCN(CC2CC2)CC1. The Balaban J connectivity index is 1.31. The first-order chi connectivity index (χ1) is 12.3. The van der Waals surface area contributed by atoms with Crippen molar-refractivity contribution in [2.45, 2.75) is 19.4 Å². The van der Waals surface area contributed by atoms with Gasteiger partial charge in [-0.1, -0.05) is 12.1 Å². The van der Waals surface area contributed by atoms with Gasteiger partial charge in [-0.2, -0.15) is 0 Å². The summed E-state index contributed by atoms with van der Waals surface area (Å²) in [6.07, 6.45) is 2.78. The number of ether oxygens (including phenoxy) is 1. The Morgan fingerprint density at radius 3 is 2.76 bits per heavy atom. The molecule has 1 amide bonds. The maximum atomic E-state index is 12.9.